The number of hydrogen-bond acceptors (Lipinski definition) is 3. The first-order chi connectivity index (χ1) is 12.5. The first-order valence-electron chi connectivity index (χ1n) is 8.65. The molecule has 0 atom stereocenters. The Morgan fingerprint density at radius 3 is 2.50 bits per heavy atom. The molecule has 26 heavy (non-hydrogen) atoms. The van der Waals surface area contributed by atoms with Gasteiger partial charge in [0.1, 0.15) is 5.69 Å². The van der Waals surface area contributed by atoms with Crippen molar-refractivity contribution in [1.82, 2.24) is 9.78 Å². The molecule has 0 bridgehead atoms. The number of rotatable bonds is 5. The van der Waals surface area contributed by atoms with Crippen molar-refractivity contribution in [2.45, 2.75) is 33.2 Å². The van der Waals surface area contributed by atoms with E-state index in [1.54, 1.807) is 0 Å². The normalized spacial score (nSPS) is 10.9. The van der Waals surface area contributed by atoms with Gasteiger partial charge in [0, 0.05) is 11.6 Å². The molecule has 134 valence electrons. The molecule has 5 heteroatoms. The topological polar surface area (TPSA) is 55.1 Å². The molecule has 2 aromatic carbocycles. The molecule has 0 saturated carbocycles. The van der Waals surface area contributed by atoms with Crippen molar-refractivity contribution >= 4 is 11.6 Å². The maximum Gasteiger partial charge on any atom is 0.278 e. The van der Waals surface area contributed by atoms with Crippen LogP contribution in [0.5, 0.6) is 5.75 Å². The standard InChI is InChI=1S/C21H21ClN2O2/c1-3-18-20(25)19(16-10-6-4-8-14(16)2)21(26)24(23-18)13-12-15-9-5-7-11-17(15)22/h4-11,25H,3,12-13H2,1-2H3. The highest BCUT2D eigenvalue weighted by Crippen LogP contribution is 2.30. The fraction of sp³-hybridized carbons (Fsp3) is 0.238. The van der Waals surface area contributed by atoms with Gasteiger partial charge in [-0.15, -0.1) is 0 Å². The summed E-state index contributed by atoms with van der Waals surface area (Å²) in [6.07, 6.45) is 1.13. The van der Waals surface area contributed by atoms with Gasteiger partial charge < -0.3 is 5.11 Å². The molecule has 3 aromatic rings. The lowest BCUT2D eigenvalue weighted by molar-refractivity contribution is 0.450. The quantitative estimate of drug-likeness (QED) is 0.727. The van der Waals surface area contributed by atoms with Crippen LogP contribution in [0.1, 0.15) is 23.7 Å². The first-order valence-corrected chi connectivity index (χ1v) is 9.03. The van der Waals surface area contributed by atoms with E-state index in [-0.39, 0.29) is 11.3 Å². The summed E-state index contributed by atoms with van der Waals surface area (Å²) < 4.78 is 1.43. The van der Waals surface area contributed by atoms with E-state index in [4.69, 9.17) is 11.6 Å². The highest BCUT2D eigenvalue weighted by Gasteiger charge is 2.19. The highest BCUT2D eigenvalue weighted by molar-refractivity contribution is 6.31. The SMILES string of the molecule is CCc1nn(CCc2ccccc2Cl)c(=O)c(-c2ccccc2C)c1O. The van der Waals surface area contributed by atoms with E-state index in [0.29, 0.717) is 35.7 Å². The summed E-state index contributed by atoms with van der Waals surface area (Å²) in [6, 6.07) is 15.1. The molecule has 0 radical (unpaired) electrons. The van der Waals surface area contributed by atoms with E-state index in [1.165, 1.54) is 4.68 Å². The van der Waals surface area contributed by atoms with Gasteiger partial charge in [0.25, 0.3) is 5.56 Å². The molecular weight excluding hydrogens is 348 g/mol. The minimum atomic E-state index is -0.291. The van der Waals surface area contributed by atoms with Crippen LogP contribution in [0, 0.1) is 6.92 Å². The van der Waals surface area contributed by atoms with Crippen molar-refractivity contribution in [3.05, 3.63) is 80.7 Å². The second-order valence-corrected chi connectivity index (χ2v) is 6.62. The molecule has 3 rings (SSSR count). The minimum Gasteiger partial charge on any atom is -0.505 e. The molecule has 0 fully saturated rings. The minimum absolute atomic E-state index is 0.0270. The summed E-state index contributed by atoms with van der Waals surface area (Å²) in [4.78, 5) is 13.0. The predicted octanol–water partition coefficient (Wildman–Crippen LogP) is 4.38. The van der Waals surface area contributed by atoms with Crippen LogP contribution >= 0.6 is 11.6 Å². The first kappa shape index (κ1) is 18.2. The van der Waals surface area contributed by atoms with E-state index in [0.717, 1.165) is 16.7 Å². The molecule has 0 saturated heterocycles. The monoisotopic (exact) mass is 368 g/mol. The van der Waals surface area contributed by atoms with Gasteiger partial charge in [0.05, 0.1) is 5.56 Å². The Morgan fingerprint density at radius 2 is 1.81 bits per heavy atom. The average molecular weight is 369 g/mol. The van der Waals surface area contributed by atoms with Crippen molar-refractivity contribution < 1.29 is 5.11 Å². The zero-order valence-corrected chi connectivity index (χ0v) is 15.6. The van der Waals surface area contributed by atoms with Crippen LogP contribution in [0.2, 0.25) is 5.02 Å². The third-order valence-corrected chi connectivity index (χ3v) is 4.87. The molecule has 0 aliphatic carbocycles. The van der Waals surface area contributed by atoms with E-state index in [9.17, 15) is 9.90 Å². The van der Waals surface area contributed by atoms with Crippen molar-refractivity contribution in [3.8, 4) is 16.9 Å². The number of aromatic nitrogens is 2. The fourth-order valence-electron chi connectivity index (χ4n) is 3.03. The molecule has 4 nitrogen and oxygen atoms in total. The van der Waals surface area contributed by atoms with Crippen LogP contribution in [-0.2, 0) is 19.4 Å². The van der Waals surface area contributed by atoms with Gasteiger partial charge in [-0.2, -0.15) is 5.10 Å². The average Bonchev–Trinajstić information content (AvgIpc) is 2.64. The van der Waals surface area contributed by atoms with Crippen molar-refractivity contribution in [2.75, 3.05) is 0 Å². The Bertz CT molecular complexity index is 996. The van der Waals surface area contributed by atoms with Crippen LogP contribution in [-0.4, -0.2) is 14.9 Å². The van der Waals surface area contributed by atoms with Crippen LogP contribution in [0.3, 0.4) is 0 Å². The van der Waals surface area contributed by atoms with E-state index >= 15 is 0 Å². The van der Waals surface area contributed by atoms with Gasteiger partial charge in [-0.1, -0.05) is 61.0 Å². The maximum absolute atomic E-state index is 13.0. The van der Waals surface area contributed by atoms with Crippen molar-refractivity contribution in [3.63, 3.8) is 0 Å². The smallest absolute Gasteiger partial charge is 0.278 e. The van der Waals surface area contributed by atoms with Crippen molar-refractivity contribution in [2.24, 2.45) is 0 Å². The Hall–Kier alpha value is -2.59. The summed E-state index contributed by atoms with van der Waals surface area (Å²) in [5.41, 5.74) is 3.17. The summed E-state index contributed by atoms with van der Waals surface area (Å²) in [6.45, 7) is 4.23. The zero-order valence-electron chi connectivity index (χ0n) is 14.9. The Morgan fingerprint density at radius 1 is 1.12 bits per heavy atom. The number of benzene rings is 2. The highest BCUT2D eigenvalue weighted by atomic mass is 35.5. The van der Waals surface area contributed by atoms with Crippen molar-refractivity contribution in [1.29, 1.82) is 0 Å². The summed E-state index contributed by atoms with van der Waals surface area (Å²) in [5, 5.41) is 15.6. The third kappa shape index (κ3) is 3.51. The van der Waals surface area contributed by atoms with Crippen LogP contribution in [0.4, 0.5) is 0 Å². The molecule has 0 unspecified atom stereocenters. The molecule has 0 aliphatic rings. The summed E-state index contributed by atoms with van der Waals surface area (Å²) in [7, 11) is 0. The fourth-order valence-corrected chi connectivity index (χ4v) is 3.26. The van der Waals surface area contributed by atoms with E-state index in [2.05, 4.69) is 5.10 Å². The van der Waals surface area contributed by atoms with E-state index < -0.39 is 0 Å². The predicted molar refractivity (Wildman–Crippen MR) is 105 cm³/mol. The largest absolute Gasteiger partial charge is 0.505 e. The molecule has 1 aromatic heterocycles. The molecule has 1 heterocycles. The zero-order chi connectivity index (χ0) is 18.7. The lowest BCUT2D eigenvalue weighted by Crippen LogP contribution is -2.27. The second-order valence-electron chi connectivity index (χ2n) is 6.21. The molecule has 1 N–H and O–H groups in total. The van der Waals surface area contributed by atoms with Gasteiger partial charge in [-0.05, 0) is 42.5 Å². The van der Waals surface area contributed by atoms with E-state index in [1.807, 2.05) is 62.4 Å². The third-order valence-electron chi connectivity index (χ3n) is 4.50. The number of nitrogens with zero attached hydrogens (tertiary/aromatic N) is 2. The lowest BCUT2D eigenvalue weighted by Gasteiger charge is -2.14. The number of halogens is 1. The number of aryl methyl sites for hydroxylation is 4. The number of hydrogen-bond donors (Lipinski definition) is 1. The molecule has 0 spiro atoms. The molecule has 0 aliphatic heterocycles. The Kier molecular flexibility index (Phi) is 5.43. The lowest BCUT2D eigenvalue weighted by atomic mass is 10.00. The van der Waals surface area contributed by atoms with Gasteiger partial charge in [-0.3, -0.25) is 4.79 Å². The second kappa shape index (κ2) is 7.75. The molecular formula is C21H21ClN2O2. The summed E-state index contributed by atoms with van der Waals surface area (Å²) in [5.74, 6) is -0.0270. The van der Waals surface area contributed by atoms with Gasteiger partial charge in [0.2, 0.25) is 0 Å². The van der Waals surface area contributed by atoms with Gasteiger partial charge in [-0.25, -0.2) is 4.68 Å². The summed E-state index contributed by atoms with van der Waals surface area (Å²) >= 11 is 6.21. The Balaban J connectivity index is 2.07. The van der Waals surface area contributed by atoms with Crippen LogP contribution in [0.25, 0.3) is 11.1 Å². The van der Waals surface area contributed by atoms with Crippen LogP contribution < -0.4 is 5.56 Å². The van der Waals surface area contributed by atoms with Gasteiger partial charge >= 0.3 is 0 Å². The van der Waals surface area contributed by atoms with Gasteiger partial charge in [0.15, 0.2) is 5.75 Å². The number of aromatic hydroxyl groups is 1. The maximum atomic E-state index is 13.0. The molecule has 0 amide bonds. The van der Waals surface area contributed by atoms with Crippen LogP contribution in [0.15, 0.2) is 53.3 Å². The Labute approximate surface area is 157 Å².